The van der Waals surface area contributed by atoms with E-state index in [-0.39, 0.29) is 11.4 Å². The van der Waals surface area contributed by atoms with Crippen LogP contribution in [0, 0.1) is 0 Å². The zero-order chi connectivity index (χ0) is 24.6. The van der Waals surface area contributed by atoms with E-state index in [2.05, 4.69) is 56.9 Å². The third-order valence-electron chi connectivity index (χ3n) is 6.42. The van der Waals surface area contributed by atoms with E-state index >= 15 is 0 Å². The number of nitrogens with zero attached hydrogens (tertiary/aromatic N) is 3. The molecule has 5 heteroatoms. The molecule has 35 heavy (non-hydrogen) atoms. The average Bonchev–Trinajstić information content (AvgIpc) is 3.14. The van der Waals surface area contributed by atoms with E-state index in [1.807, 2.05) is 66.7 Å². The highest BCUT2D eigenvalue weighted by molar-refractivity contribution is 8.19. The Morgan fingerprint density at radius 2 is 1.66 bits per heavy atom. The number of para-hydroxylation sites is 2. The van der Waals surface area contributed by atoms with Crippen LogP contribution in [0.5, 0.6) is 0 Å². The van der Waals surface area contributed by atoms with Gasteiger partial charge in [-0.3, -0.25) is 9.69 Å². The smallest absolute Gasteiger partial charge is 0.271 e. The first-order chi connectivity index (χ1) is 16.9. The van der Waals surface area contributed by atoms with Crippen molar-refractivity contribution in [1.82, 2.24) is 0 Å². The Kier molecular flexibility index (Phi) is 6.12. The van der Waals surface area contributed by atoms with Crippen LogP contribution in [0.4, 0.5) is 17.1 Å². The van der Waals surface area contributed by atoms with Gasteiger partial charge >= 0.3 is 0 Å². The molecule has 4 nitrogen and oxygen atoms in total. The largest absolute Gasteiger partial charge is 0.363 e. The van der Waals surface area contributed by atoms with E-state index in [0.29, 0.717) is 10.1 Å². The fraction of sp³-hybridized carbons (Fsp3) is 0.200. The van der Waals surface area contributed by atoms with Gasteiger partial charge in [0.15, 0.2) is 5.17 Å². The van der Waals surface area contributed by atoms with Crippen LogP contribution in [0.3, 0.4) is 0 Å². The number of benzene rings is 3. The topological polar surface area (TPSA) is 35.9 Å². The second-order valence-electron chi connectivity index (χ2n) is 9.32. The Labute approximate surface area is 211 Å². The van der Waals surface area contributed by atoms with Crippen molar-refractivity contribution < 1.29 is 4.79 Å². The predicted octanol–water partition coefficient (Wildman–Crippen LogP) is 7.52. The van der Waals surface area contributed by atoms with Gasteiger partial charge in [-0.1, -0.05) is 48.5 Å². The lowest BCUT2D eigenvalue weighted by molar-refractivity contribution is -0.113. The standard InChI is InChI=1S/C30H29N3OS/c1-5-32-26-17-16-22(18-25(26)21(2)20-30(32,3)4)19-27-28(34)33(24-14-10-7-11-15-24)29(35-27)31-23-12-8-6-9-13-23/h6-20H,5H2,1-4H3/b27-19+,31-29?. The van der Waals surface area contributed by atoms with Crippen molar-refractivity contribution >= 4 is 51.5 Å². The summed E-state index contributed by atoms with van der Waals surface area (Å²) in [5.41, 5.74) is 6.34. The minimum atomic E-state index is -0.0582. The first-order valence-corrected chi connectivity index (χ1v) is 12.7. The molecular formula is C30H29N3OS. The zero-order valence-corrected chi connectivity index (χ0v) is 21.3. The van der Waals surface area contributed by atoms with E-state index in [0.717, 1.165) is 23.5 Å². The highest BCUT2D eigenvalue weighted by Gasteiger charge is 2.35. The van der Waals surface area contributed by atoms with Crippen molar-refractivity contribution in [3.8, 4) is 0 Å². The summed E-state index contributed by atoms with van der Waals surface area (Å²) >= 11 is 1.42. The first kappa shape index (κ1) is 23.2. The molecule has 3 aromatic carbocycles. The lowest BCUT2D eigenvalue weighted by Crippen LogP contribution is -2.44. The fourth-order valence-corrected chi connectivity index (χ4v) is 5.89. The van der Waals surface area contributed by atoms with Gasteiger partial charge in [0.25, 0.3) is 5.91 Å². The monoisotopic (exact) mass is 479 g/mol. The van der Waals surface area contributed by atoms with E-state index in [1.165, 1.54) is 28.6 Å². The van der Waals surface area contributed by atoms with Gasteiger partial charge in [0.05, 0.1) is 21.8 Å². The van der Waals surface area contributed by atoms with Crippen LogP contribution >= 0.6 is 11.8 Å². The number of amidine groups is 1. The van der Waals surface area contributed by atoms with Crippen molar-refractivity contribution in [2.45, 2.75) is 33.2 Å². The average molecular weight is 480 g/mol. The van der Waals surface area contributed by atoms with Crippen LogP contribution in [0.1, 0.15) is 38.8 Å². The maximum absolute atomic E-state index is 13.6. The number of hydrogen-bond donors (Lipinski definition) is 0. The minimum absolute atomic E-state index is 0.0257. The lowest BCUT2D eigenvalue weighted by atomic mass is 9.88. The number of amides is 1. The number of aliphatic imine (C=N–C) groups is 1. The minimum Gasteiger partial charge on any atom is -0.363 e. The van der Waals surface area contributed by atoms with Gasteiger partial charge < -0.3 is 4.90 Å². The van der Waals surface area contributed by atoms with Gasteiger partial charge in [-0.05, 0) is 93.1 Å². The second-order valence-corrected chi connectivity index (χ2v) is 10.3. The quantitative estimate of drug-likeness (QED) is 0.363. The summed E-state index contributed by atoms with van der Waals surface area (Å²) in [6.45, 7) is 9.79. The molecule has 3 aromatic rings. The van der Waals surface area contributed by atoms with E-state index in [1.54, 1.807) is 4.90 Å². The summed E-state index contributed by atoms with van der Waals surface area (Å²) in [5.74, 6) is -0.0582. The van der Waals surface area contributed by atoms with Gasteiger partial charge in [-0.25, -0.2) is 4.99 Å². The van der Waals surface area contributed by atoms with Crippen LogP contribution in [0.15, 0.2) is 94.8 Å². The Balaban J connectivity index is 1.55. The Morgan fingerprint density at radius 1 is 0.971 bits per heavy atom. The Morgan fingerprint density at radius 3 is 2.34 bits per heavy atom. The molecule has 2 aliphatic rings. The molecule has 2 heterocycles. The number of carbonyl (C=O) groups excluding carboxylic acids is 1. The van der Waals surface area contributed by atoms with Gasteiger partial charge in [0, 0.05) is 17.8 Å². The van der Waals surface area contributed by atoms with Crippen molar-refractivity contribution in [2.75, 3.05) is 16.3 Å². The van der Waals surface area contributed by atoms with Crippen molar-refractivity contribution in [3.05, 3.63) is 101 Å². The van der Waals surface area contributed by atoms with Crippen LogP contribution < -0.4 is 9.80 Å². The molecular weight excluding hydrogens is 450 g/mol. The molecule has 0 aliphatic carbocycles. The van der Waals surface area contributed by atoms with Gasteiger partial charge in [0.2, 0.25) is 0 Å². The number of carbonyl (C=O) groups is 1. The number of likely N-dealkylation sites (N-methyl/N-ethyl adjacent to an activating group) is 1. The SMILES string of the molecule is CCN1c2ccc(/C=C3/SC(=Nc4ccccc4)N(c4ccccc4)C3=O)cc2C(C)=CC1(C)C. The zero-order valence-electron chi connectivity index (χ0n) is 20.5. The molecule has 1 saturated heterocycles. The molecule has 0 spiro atoms. The molecule has 0 saturated carbocycles. The molecule has 176 valence electrons. The molecule has 0 unspecified atom stereocenters. The number of thioether (sulfide) groups is 1. The molecule has 0 N–H and O–H groups in total. The third-order valence-corrected chi connectivity index (χ3v) is 7.39. The highest BCUT2D eigenvalue weighted by Crippen LogP contribution is 2.41. The lowest BCUT2D eigenvalue weighted by Gasteiger charge is -2.42. The first-order valence-electron chi connectivity index (χ1n) is 11.9. The van der Waals surface area contributed by atoms with Gasteiger partial charge in [-0.15, -0.1) is 0 Å². The van der Waals surface area contributed by atoms with E-state index < -0.39 is 0 Å². The molecule has 2 aliphatic heterocycles. The van der Waals surface area contributed by atoms with Crippen LogP contribution in [0.2, 0.25) is 0 Å². The van der Waals surface area contributed by atoms with E-state index in [9.17, 15) is 4.79 Å². The van der Waals surface area contributed by atoms with E-state index in [4.69, 9.17) is 4.99 Å². The fourth-order valence-electron chi connectivity index (χ4n) is 4.89. The summed E-state index contributed by atoms with van der Waals surface area (Å²) in [6.07, 6.45) is 4.31. The van der Waals surface area contributed by atoms with Crippen molar-refractivity contribution in [1.29, 1.82) is 0 Å². The Hall–Kier alpha value is -3.57. The normalized spacial score (nSPS) is 19.3. The predicted molar refractivity (Wildman–Crippen MR) is 150 cm³/mol. The highest BCUT2D eigenvalue weighted by atomic mass is 32.2. The molecule has 0 atom stereocenters. The molecule has 0 bridgehead atoms. The van der Waals surface area contributed by atoms with Crippen LogP contribution in [-0.2, 0) is 4.79 Å². The number of fused-ring (bicyclic) bond motifs is 1. The summed E-state index contributed by atoms with van der Waals surface area (Å²) in [7, 11) is 0. The maximum atomic E-state index is 13.6. The molecule has 5 rings (SSSR count). The number of allylic oxidation sites excluding steroid dienone is 1. The number of anilines is 2. The van der Waals surface area contributed by atoms with Gasteiger partial charge in [-0.2, -0.15) is 0 Å². The molecule has 0 radical (unpaired) electrons. The Bertz CT molecular complexity index is 1360. The maximum Gasteiger partial charge on any atom is 0.271 e. The second kappa shape index (κ2) is 9.23. The number of rotatable bonds is 4. The molecule has 0 aromatic heterocycles. The van der Waals surface area contributed by atoms with Crippen LogP contribution in [-0.4, -0.2) is 23.2 Å². The van der Waals surface area contributed by atoms with Crippen molar-refractivity contribution in [2.24, 2.45) is 4.99 Å². The summed E-state index contributed by atoms with van der Waals surface area (Å²) in [4.78, 5) is 23.2. The van der Waals surface area contributed by atoms with Crippen LogP contribution in [0.25, 0.3) is 11.6 Å². The number of hydrogen-bond acceptors (Lipinski definition) is 4. The van der Waals surface area contributed by atoms with Crippen molar-refractivity contribution in [3.63, 3.8) is 0 Å². The van der Waals surface area contributed by atoms with Gasteiger partial charge in [0.1, 0.15) is 0 Å². The molecule has 1 fully saturated rings. The third kappa shape index (κ3) is 4.44. The summed E-state index contributed by atoms with van der Waals surface area (Å²) < 4.78 is 0. The summed E-state index contributed by atoms with van der Waals surface area (Å²) in [6, 6.07) is 26.0. The summed E-state index contributed by atoms with van der Waals surface area (Å²) in [5, 5.41) is 0.659. The molecule has 1 amide bonds.